The van der Waals surface area contributed by atoms with Crippen LogP contribution in [0.25, 0.3) is 0 Å². The zero-order valence-electron chi connectivity index (χ0n) is 15.8. The van der Waals surface area contributed by atoms with Crippen molar-refractivity contribution in [2.45, 2.75) is 35.1 Å². The van der Waals surface area contributed by atoms with Crippen LogP contribution >= 0.6 is 34.9 Å². The number of rotatable bonds is 7. The van der Waals surface area contributed by atoms with Crippen LogP contribution in [-0.4, -0.2) is 61.2 Å². The fraction of sp³-hybridized carbons (Fsp3) is 0.316. The maximum absolute atomic E-state index is 12.7. The normalized spacial score (nSPS) is 22.7. The van der Waals surface area contributed by atoms with Gasteiger partial charge in [0.05, 0.1) is 6.42 Å². The van der Waals surface area contributed by atoms with Crippen molar-refractivity contribution in [3.8, 4) is 0 Å². The zero-order chi connectivity index (χ0) is 21.3. The van der Waals surface area contributed by atoms with Crippen molar-refractivity contribution >= 4 is 52.6 Å². The average Bonchev–Trinajstić information content (AvgIpc) is 3.15. The second kappa shape index (κ2) is 8.78. The van der Waals surface area contributed by atoms with Crippen molar-refractivity contribution in [2.24, 2.45) is 0 Å². The summed E-state index contributed by atoms with van der Waals surface area (Å²) >= 11 is 4.21. The lowest BCUT2D eigenvalue weighted by Crippen LogP contribution is -2.74. The summed E-state index contributed by atoms with van der Waals surface area (Å²) in [6.45, 7) is 1.85. The first kappa shape index (κ1) is 20.9. The zero-order valence-corrected chi connectivity index (χ0v) is 18.3. The van der Waals surface area contributed by atoms with Crippen LogP contribution in [0.5, 0.6) is 0 Å². The van der Waals surface area contributed by atoms with Gasteiger partial charge in [-0.05, 0) is 23.5 Å². The second-order valence-electron chi connectivity index (χ2n) is 6.79. The largest absolute Gasteiger partial charge is 0.479 e. The van der Waals surface area contributed by atoms with E-state index in [1.54, 1.807) is 5.41 Å². The Morgan fingerprint density at radius 1 is 1.27 bits per heavy atom. The third kappa shape index (κ3) is 4.23. The fourth-order valence-corrected chi connectivity index (χ4v) is 6.47. The van der Waals surface area contributed by atoms with E-state index in [9.17, 15) is 19.5 Å². The highest BCUT2D eigenvalue weighted by Crippen LogP contribution is 2.41. The number of carboxylic acids is 1. The number of thioether (sulfide) groups is 2. The Labute approximate surface area is 185 Å². The Kier molecular flexibility index (Phi) is 6.11. The molecule has 1 fully saturated rings. The highest BCUT2D eigenvalue weighted by molar-refractivity contribution is 8.03. The predicted octanol–water partition coefficient (Wildman–Crippen LogP) is 1.92. The van der Waals surface area contributed by atoms with Crippen LogP contribution in [0, 0.1) is 6.92 Å². The Morgan fingerprint density at radius 3 is 2.70 bits per heavy atom. The summed E-state index contributed by atoms with van der Waals surface area (Å²) in [6, 6.07) is 7.50. The number of nitrogens with zero attached hydrogens (tertiary/aromatic N) is 3. The van der Waals surface area contributed by atoms with Gasteiger partial charge in [0.25, 0.3) is 0 Å². The lowest BCUT2D eigenvalue weighted by Gasteiger charge is -2.51. The van der Waals surface area contributed by atoms with Gasteiger partial charge in [0.1, 0.15) is 16.4 Å². The van der Waals surface area contributed by atoms with E-state index in [2.05, 4.69) is 15.5 Å². The van der Waals surface area contributed by atoms with Crippen LogP contribution in [0.2, 0.25) is 0 Å². The van der Waals surface area contributed by atoms with Crippen molar-refractivity contribution in [2.75, 3.05) is 5.75 Å². The number of carbonyl (C=O) groups excluding carboxylic acids is 2. The number of aryl methyl sites for hydroxylation is 1. The minimum atomic E-state index is -1.08. The van der Waals surface area contributed by atoms with Crippen LogP contribution in [0.15, 0.2) is 45.7 Å². The minimum Gasteiger partial charge on any atom is -0.479 e. The second-order valence-corrected chi connectivity index (χ2v) is 10.2. The van der Waals surface area contributed by atoms with Crippen molar-refractivity contribution in [1.29, 1.82) is 0 Å². The molecule has 1 aromatic heterocycles. The molecule has 156 valence electrons. The Balaban J connectivity index is 1.41. The first-order valence-electron chi connectivity index (χ1n) is 9.09. The summed E-state index contributed by atoms with van der Waals surface area (Å²) in [5.41, 5.74) is 1.48. The smallest absolute Gasteiger partial charge is 0.330 e. The molecular weight excluding hydrogens is 444 g/mol. The van der Waals surface area contributed by atoms with E-state index in [1.807, 2.05) is 37.3 Å². The van der Waals surface area contributed by atoms with E-state index in [4.69, 9.17) is 0 Å². The van der Waals surface area contributed by atoms with E-state index < -0.39 is 23.4 Å². The first-order valence-corrected chi connectivity index (χ1v) is 11.8. The number of fused-ring (bicyclic) bond motifs is 1. The van der Waals surface area contributed by atoms with Gasteiger partial charge in [-0.1, -0.05) is 53.4 Å². The van der Waals surface area contributed by atoms with E-state index in [0.29, 0.717) is 11.3 Å². The highest BCUT2D eigenvalue weighted by atomic mass is 32.2. The standard InChI is InChI=1S/C19H18N4O4S3/c1-10-21-22-19(30-10)29-9-12-8-28-17-14(16(25)23(17)15(12)18(26)27)20-13(24)7-11-5-3-2-4-6-11/h2-6,8,14-15,17H,7,9H2,1H3,(H,20,24)(H,26,27)/t14-,15-,17+/m1/s1. The van der Waals surface area contributed by atoms with Gasteiger partial charge in [-0.25, -0.2) is 4.79 Å². The van der Waals surface area contributed by atoms with Crippen LogP contribution in [0.4, 0.5) is 0 Å². The molecule has 0 saturated carbocycles. The van der Waals surface area contributed by atoms with Gasteiger partial charge in [0.2, 0.25) is 11.8 Å². The number of carboxylic acid groups (broad SMARTS) is 1. The number of nitrogens with one attached hydrogen (secondary N) is 1. The maximum Gasteiger partial charge on any atom is 0.330 e. The molecule has 0 aliphatic carbocycles. The van der Waals surface area contributed by atoms with Gasteiger partial charge in [0.15, 0.2) is 10.4 Å². The van der Waals surface area contributed by atoms with Gasteiger partial charge in [-0.3, -0.25) is 9.59 Å². The van der Waals surface area contributed by atoms with E-state index in [0.717, 1.165) is 14.9 Å². The molecule has 3 heterocycles. The molecule has 2 aromatic rings. The maximum atomic E-state index is 12.7. The van der Waals surface area contributed by atoms with Gasteiger partial charge in [-0.2, -0.15) is 0 Å². The molecule has 2 aliphatic heterocycles. The summed E-state index contributed by atoms with van der Waals surface area (Å²) < 4.78 is 0.755. The summed E-state index contributed by atoms with van der Waals surface area (Å²) in [6.07, 6.45) is 0.170. The lowest BCUT2D eigenvalue weighted by atomic mass is 9.98. The fourth-order valence-electron chi connectivity index (χ4n) is 3.32. The third-order valence-corrected chi connectivity index (χ3v) is 7.96. The van der Waals surface area contributed by atoms with Gasteiger partial charge in [-0.15, -0.1) is 22.0 Å². The van der Waals surface area contributed by atoms with Crippen LogP contribution in [0.3, 0.4) is 0 Å². The van der Waals surface area contributed by atoms with E-state index in [1.165, 1.54) is 39.8 Å². The van der Waals surface area contributed by atoms with Crippen LogP contribution in [0.1, 0.15) is 10.6 Å². The number of carbonyl (C=O) groups is 3. The summed E-state index contributed by atoms with van der Waals surface area (Å²) in [5.74, 6) is -1.31. The van der Waals surface area contributed by atoms with Crippen molar-refractivity contribution in [3.63, 3.8) is 0 Å². The molecule has 2 amide bonds. The first-order chi connectivity index (χ1) is 14.4. The molecule has 30 heavy (non-hydrogen) atoms. The molecule has 0 radical (unpaired) electrons. The summed E-state index contributed by atoms with van der Waals surface area (Å²) in [5, 5.41) is 22.7. The Bertz CT molecular complexity index is 1010. The van der Waals surface area contributed by atoms with Gasteiger partial charge in [0, 0.05) is 5.75 Å². The molecule has 4 rings (SSSR count). The topological polar surface area (TPSA) is 112 Å². The monoisotopic (exact) mass is 462 g/mol. The van der Waals surface area contributed by atoms with Crippen molar-refractivity contribution < 1.29 is 19.5 Å². The number of amides is 2. The van der Waals surface area contributed by atoms with E-state index in [-0.39, 0.29) is 18.2 Å². The molecule has 2 N–H and O–H groups in total. The SMILES string of the molecule is Cc1nnc(SCC2=CS[C@H]3[C@H](NC(=O)Cc4ccccc4)C(=O)N3[C@H]2C(=O)O)s1. The number of aromatic nitrogens is 2. The predicted molar refractivity (Wildman–Crippen MR) is 115 cm³/mol. The lowest BCUT2D eigenvalue weighted by molar-refractivity contribution is -0.160. The molecule has 8 nitrogen and oxygen atoms in total. The van der Waals surface area contributed by atoms with Gasteiger partial charge < -0.3 is 15.3 Å². The van der Waals surface area contributed by atoms with Crippen molar-refractivity contribution in [1.82, 2.24) is 20.4 Å². The molecule has 1 aromatic carbocycles. The molecule has 3 atom stereocenters. The third-order valence-electron chi connectivity index (χ3n) is 4.70. The summed E-state index contributed by atoms with van der Waals surface area (Å²) in [4.78, 5) is 38.3. The number of β-lactam (4-membered cyclic amide) rings is 1. The quantitative estimate of drug-likeness (QED) is 0.474. The summed E-state index contributed by atoms with van der Waals surface area (Å²) in [7, 11) is 0. The molecule has 0 spiro atoms. The highest BCUT2D eigenvalue weighted by Gasteiger charge is 2.55. The van der Waals surface area contributed by atoms with Crippen LogP contribution in [-0.2, 0) is 20.8 Å². The molecule has 0 bridgehead atoms. The molecule has 1 saturated heterocycles. The molecular formula is C19H18N4O4S3. The van der Waals surface area contributed by atoms with Crippen molar-refractivity contribution in [3.05, 3.63) is 51.9 Å². The minimum absolute atomic E-state index is 0.170. The van der Waals surface area contributed by atoms with E-state index >= 15 is 0 Å². The molecule has 11 heteroatoms. The number of hydrogen-bond donors (Lipinski definition) is 2. The number of hydrogen-bond acceptors (Lipinski definition) is 8. The average molecular weight is 463 g/mol. The van der Waals surface area contributed by atoms with Gasteiger partial charge >= 0.3 is 5.97 Å². The molecule has 2 aliphatic rings. The Hall–Kier alpha value is -2.37. The Morgan fingerprint density at radius 2 is 2.03 bits per heavy atom. The van der Waals surface area contributed by atoms with Crippen LogP contribution < -0.4 is 5.32 Å². The number of benzene rings is 1. The molecule has 0 unspecified atom stereocenters. The number of aliphatic carboxylic acids is 1.